The summed E-state index contributed by atoms with van der Waals surface area (Å²) in [6.07, 6.45) is 4.56. The molecule has 0 radical (unpaired) electrons. The molecular formula is C19H25N3O2. The third-order valence-corrected chi connectivity index (χ3v) is 4.37. The minimum absolute atomic E-state index is 0.0863. The number of hydrogen-bond acceptors (Lipinski definition) is 3. The molecule has 0 bridgehead atoms. The first-order valence-corrected chi connectivity index (χ1v) is 8.59. The molecule has 5 heteroatoms. The maximum atomic E-state index is 12.2. The number of fused-ring (bicyclic) bond motifs is 1. The summed E-state index contributed by atoms with van der Waals surface area (Å²) in [5.41, 5.74) is 2.06. The molecule has 1 fully saturated rings. The number of amides is 1. The first-order valence-electron chi connectivity index (χ1n) is 8.59. The molecule has 0 spiro atoms. The largest absolute Gasteiger partial charge is 0.381 e. The number of carbonyl (C=O) groups excluding carboxylic acids is 1. The minimum atomic E-state index is -0.156. The second-order valence-corrected chi connectivity index (χ2v) is 6.64. The van der Waals surface area contributed by atoms with Gasteiger partial charge in [-0.05, 0) is 45.4 Å². The fourth-order valence-corrected chi connectivity index (χ4v) is 3.17. The Balaban J connectivity index is 1.76. The quantitative estimate of drug-likeness (QED) is 0.857. The van der Waals surface area contributed by atoms with E-state index in [9.17, 15) is 4.79 Å². The lowest BCUT2D eigenvalue weighted by Gasteiger charge is -2.18. The fraction of sp³-hybridized carbons (Fsp3) is 0.474. The van der Waals surface area contributed by atoms with E-state index >= 15 is 0 Å². The molecular weight excluding hydrogens is 302 g/mol. The zero-order chi connectivity index (χ0) is 17.1. The Morgan fingerprint density at radius 1 is 1.38 bits per heavy atom. The van der Waals surface area contributed by atoms with Gasteiger partial charge in [-0.1, -0.05) is 18.2 Å². The third-order valence-electron chi connectivity index (χ3n) is 4.37. The maximum Gasteiger partial charge on any atom is 0.244 e. The molecule has 1 saturated heterocycles. The van der Waals surface area contributed by atoms with E-state index in [1.54, 1.807) is 6.08 Å². The number of rotatable bonds is 5. The predicted octanol–water partition coefficient (Wildman–Crippen LogP) is 3.39. The number of aromatic nitrogens is 2. The molecule has 0 unspecified atom stereocenters. The Bertz CT molecular complexity index is 742. The predicted molar refractivity (Wildman–Crippen MR) is 94.7 cm³/mol. The molecule has 2 atom stereocenters. The number of imidazole rings is 1. The number of para-hydroxylation sites is 2. The zero-order valence-corrected chi connectivity index (χ0v) is 14.5. The summed E-state index contributed by atoms with van der Waals surface area (Å²) in [5, 5.41) is 3.03. The number of nitrogens with zero attached hydrogens (tertiary/aromatic N) is 2. The summed E-state index contributed by atoms with van der Waals surface area (Å²) in [7, 11) is 0. The lowest BCUT2D eigenvalue weighted by molar-refractivity contribution is -0.117. The Morgan fingerprint density at radius 3 is 2.88 bits per heavy atom. The monoisotopic (exact) mass is 327 g/mol. The van der Waals surface area contributed by atoms with E-state index in [0.717, 1.165) is 29.9 Å². The van der Waals surface area contributed by atoms with Crippen molar-refractivity contribution >= 4 is 16.9 Å². The van der Waals surface area contributed by atoms with E-state index in [2.05, 4.69) is 29.8 Å². The van der Waals surface area contributed by atoms with Crippen LogP contribution in [-0.4, -0.2) is 28.7 Å². The maximum absolute atomic E-state index is 12.2. The lowest BCUT2D eigenvalue weighted by Crippen LogP contribution is -2.27. The number of ether oxygens (including phenoxy) is 1. The van der Waals surface area contributed by atoms with Gasteiger partial charge in [-0.25, -0.2) is 4.98 Å². The number of nitrogens with one attached hydrogen (secondary N) is 1. The van der Waals surface area contributed by atoms with Crippen molar-refractivity contribution in [1.29, 1.82) is 0 Å². The summed E-state index contributed by atoms with van der Waals surface area (Å²) >= 11 is 0. The van der Waals surface area contributed by atoms with E-state index in [-0.39, 0.29) is 18.0 Å². The van der Waals surface area contributed by atoms with Crippen molar-refractivity contribution in [2.24, 2.45) is 5.92 Å². The first-order chi connectivity index (χ1) is 11.6. The van der Waals surface area contributed by atoms with Crippen LogP contribution in [0.3, 0.4) is 0 Å². The molecule has 5 nitrogen and oxygen atoms in total. The topological polar surface area (TPSA) is 56.2 Å². The average molecular weight is 327 g/mol. The minimum Gasteiger partial charge on any atom is -0.381 e. The van der Waals surface area contributed by atoms with Crippen LogP contribution >= 0.6 is 0 Å². The van der Waals surface area contributed by atoms with Crippen molar-refractivity contribution in [3.63, 3.8) is 0 Å². The van der Waals surface area contributed by atoms with Gasteiger partial charge in [-0.3, -0.25) is 4.79 Å². The summed E-state index contributed by atoms with van der Waals surface area (Å²) in [5.74, 6) is 1.15. The molecule has 0 aliphatic carbocycles. The molecule has 1 aromatic heterocycles. The van der Waals surface area contributed by atoms with Crippen molar-refractivity contribution in [2.75, 3.05) is 13.2 Å². The van der Waals surface area contributed by atoms with Gasteiger partial charge in [0.2, 0.25) is 5.91 Å². The molecule has 1 aromatic carbocycles. The van der Waals surface area contributed by atoms with Crippen LogP contribution in [0.1, 0.15) is 45.1 Å². The molecule has 1 aliphatic rings. The highest BCUT2D eigenvalue weighted by Gasteiger charge is 2.19. The molecule has 24 heavy (non-hydrogen) atoms. The zero-order valence-electron chi connectivity index (χ0n) is 14.5. The van der Waals surface area contributed by atoms with E-state index in [4.69, 9.17) is 9.72 Å². The van der Waals surface area contributed by atoms with E-state index in [1.807, 2.05) is 31.2 Å². The van der Waals surface area contributed by atoms with Crippen LogP contribution in [0.2, 0.25) is 0 Å². The molecule has 1 N–H and O–H groups in total. The van der Waals surface area contributed by atoms with Gasteiger partial charge in [0.1, 0.15) is 5.82 Å². The van der Waals surface area contributed by atoms with Gasteiger partial charge in [0.15, 0.2) is 0 Å². The van der Waals surface area contributed by atoms with Crippen LogP contribution in [0.15, 0.2) is 36.4 Å². The van der Waals surface area contributed by atoms with Crippen LogP contribution < -0.4 is 5.32 Å². The Kier molecular flexibility index (Phi) is 5.00. The van der Waals surface area contributed by atoms with Crippen molar-refractivity contribution < 1.29 is 9.53 Å². The van der Waals surface area contributed by atoms with Gasteiger partial charge in [0.05, 0.1) is 23.7 Å². The van der Waals surface area contributed by atoms with Gasteiger partial charge in [0.25, 0.3) is 0 Å². The lowest BCUT2D eigenvalue weighted by atomic mass is 10.1. The standard InChI is InChI=1S/C19H25N3O2/c1-13(2)22-17-7-5-4-6-16(17)21-19(22)14(3)20-18(23)9-8-15-10-11-24-12-15/h4-9,13-15H,10-12H2,1-3H3,(H,20,23)/b9-8+/t14-,15-/m0/s1. The SMILES string of the molecule is CC(C)n1c([C@H](C)NC(=O)/C=C/[C@H]2CCOC2)nc2ccccc21. The van der Waals surface area contributed by atoms with E-state index in [0.29, 0.717) is 12.5 Å². The van der Waals surface area contributed by atoms with Crippen molar-refractivity contribution in [3.8, 4) is 0 Å². The summed E-state index contributed by atoms with van der Waals surface area (Å²) < 4.78 is 7.51. The van der Waals surface area contributed by atoms with Gasteiger partial charge >= 0.3 is 0 Å². The van der Waals surface area contributed by atoms with Crippen molar-refractivity contribution in [1.82, 2.24) is 14.9 Å². The number of hydrogen-bond donors (Lipinski definition) is 1. The fourth-order valence-electron chi connectivity index (χ4n) is 3.17. The van der Waals surface area contributed by atoms with Gasteiger partial charge in [-0.2, -0.15) is 0 Å². The average Bonchev–Trinajstić information content (AvgIpc) is 3.20. The normalized spacial score (nSPS) is 19.4. The highest BCUT2D eigenvalue weighted by Crippen LogP contribution is 2.24. The van der Waals surface area contributed by atoms with Crippen LogP contribution in [0.4, 0.5) is 0 Å². The summed E-state index contributed by atoms with van der Waals surface area (Å²) in [4.78, 5) is 16.9. The summed E-state index contributed by atoms with van der Waals surface area (Å²) in [6.45, 7) is 7.73. The van der Waals surface area contributed by atoms with E-state index < -0.39 is 0 Å². The molecule has 3 rings (SSSR count). The highest BCUT2D eigenvalue weighted by atomic mass is 16.5. The highest BCUT2D eigenvalue weighted by molar-refractivity contribution is 5.87. The Labute approximate surface area is 142 Å². The number of benzene rings is 1. The van der Waals surface area contributed by atoms with Crippen molar-refractivity contribution in [2.45, 2.75) is 39.3 Å². The smallest absolute Gasteiger partial charge is 0.244 e. The van der Waals surface area contributed by atoms with Crippen LogP contribution in [0.5, 0.6) is 0 Å². The number of carbonyl (C=O) groups is 1. The molecule has 2 heterocycles. The van der Waals surface area contributed by atoms with Crippen LogP contribution in [-0.2, 0) is 9.53 Å². The molecule has 128 valence electrons. The Hall–Kier alpha value is -2.14. The molecule has 1 aliphatic heterocycles. The molecule has 1 amide bonds. The molecule has 2 aromatic rings. The van der Waals surface area contributed by atoms with Gasteiger partial charge < -0.3 is 14.6 Å². The third kappa shape index (κ3) is 3.51. The van der Waals surface area contributed by atoms with Gasteiger partial charge in [0, 0.05) is 18.6 Å². The second kappa shape index (κ2) is 7.18. The van der Waals surface area contributed by atoms with Crippen LogP contribution in [0, 0.1) is 5.92 Å². The summed E-state index contributed by atoms with van der Waals surface area (Å²) in [6, 6.07) is 8.20. The van der Waals surface area contributed by atoms with Crippen molar-refractivity contribution in [3.05, 3.63) is 42.2 Å². The van der Waals surface area contributed by atoms with E-state index in [1.165, 1.54) is 0 Å². The first kappa shape index (κ1) is 16.7. The Morgan fingerprint density at radius 2 is 2.17 bits per heavy atom. The second-order valence-electron chi connectivity index (χ2n) is 6.64. The van der Waals surface area contributed by atoms with Crippen LogP contribution in [0.25, 0.3) is 11.0 Å². The van der Waals surface area contributed by atoms with Gasteiger partial charge in [-0.15, -0.1) is 0 Å². The molecule has 0 saturated carbocycles.